The van der Waals surface area contributed by atoms with Crippen molar-refractivity contribution >= 4 is 0 Å². The quantitative estimate of drug-likeness (QED) is 0.742. The van der Waals surface area contributed by atoms with E-state index in [0.29, 0.717) is 5.92 Å². The van der Waals surface area contributed by atoms with Crippen LogP contribution >= 0.6 is 0 Å². The Hall–Kier alpha value is -0.120. The molecule has 0 radical (unpaired) electrons. The third kappa shape index (κ3) is 2.41. The zero-order chi connectivity index (χ0) is 11.7. The summed E-state index contributed by atoms with van der Waals surface area (Å²) in [4.78, 5) is 2.50. The first-order valence-electron chi connectivity index (χ1n) is 6.81. The molecule has 2 aliphatic rings. The van der Waals surface area contributed by atoms with Crippen LogP contribution in [0.4, 0.5) is 0 Å². The maximum atomic E-state index is 6.29. The lowest BCUT2D eigenvalue weighted by molar-refractivity contribution is 0.147. The lowest BCUT2D eigenvalue weighted by Crippen LogP contribution is -2.53. The molecule has 4 N–H and O–H groups in total. The summed E-state index contributed by atoms with van der Waals surface area (Å²) in [6.45, 7) is 3.61. The fourth-order valence-electron chi connectivity index (χ4n) is 3.54. The van der Waals surface area contributed by atoms with Crippen molar-refractivity contribution in [2.75, 3.05) is 13.6 Å². The molecule has 1 saturated carbocycles. The van der Waals surface area contributed by atoms with E-state index in [0.717, 1.165) is 18.4 Å². The second-order valence-corrected chi connectivity index (χ2v) is 5.97. The lowest BCUT2D eigenvalue weighted by Gasteiger charge is -2.40. The lowest BCUT2D eigenvalue weighted by atomic mass is 9.72. The largest absolute Gasteiger partial charge is 0.326 e. The third-order valence-corrected chi connectivity index (χ3v) is 4.89. The fourth-order valence-corrected chi connectivity index (χ4v) is 3.54. The van der Waals surface area contributed by atoms with Crippen molar-refractivity contribution in [2.45, 2.75) is 57.2 Å². The smallest absolute Gasteiger partial charge is 0.0224 e. The number of hydrogen-bond acceptors (Lipinski definition) is 3. The maximum Gasteiger partial charge on any atom is 0.0224 e. The van der Waals surface area contributed by atoms with Gasteiger partial charge in [-0.3, -0.25) is 0 Å². The predicted octanol–water partition coefficient (Wildman–Crippen LogP) is 1.17. The highest BCUT2D eigenvalue weighted by atomic mass is 15.1. The van der Waals surface area contributed by atoms with E-state index in [1.54, 1.807) is 0 Å². The Bertz CT molecular complexity index is 231. The summed E-state index contributed by atoms with van der Waals surface area (Å²) in [5.74, 6) is 1.39. The molecule has 0 aromatic carbocycles. The molecule has 3 nitrogen and oxygen atoms in total. The first kappa shape index (κ1) is 12.3. The van der Waals surface area contributed by atoms with E-state index in [1.807, 2.05) is 0 Å². The number of nitrogens with two attached hydrogens (primary N) is 2. The third-order valence-electron chi connectivity index (χ3n) is 4.89. The van der Waals surface area contributed by atoms with E-state index in [2.05, 4.69) is 18.9 Å². The summed E-state index contributed by atoms with van der Waals surface area (Å²) in [6, 6.07) is 1.20. The Morgan fingerprint density at radius 1 is 1.19 bits per heavy atom. The van der Waals surface area contributed by atoms with Crippen molar-refractivity contribution in [3.05, 3.63) is 0 Å². The van der Waals surface area contributed by atoms with Gasteiger partial charge < -0.3 is 16.4 Å². The minimum absolute atomic E-state index is 0.220. The summed E-state index contributed by atoms with van der Waals surface area (Å²) in [7, 11) is 2.25. The van der Waals surface area contributed by atoms with Crippen molar-refractivity contribution in [3.8, 4) is 0 Å². The molecule has 1 heterocycles. The van der Waals surface area contributed by atoms with Crippen LogP contribution in [-0.2, 0) is 0 Å². The average Bonchev–Trinajstić information content (AvgIpc) is 2.65. The first-order valence-corrected chi connectivity index (χ1v) is 6.81. The number of rotatable bonds is 2. The monoisotopic (exact) mass is 225 g/mol. The van der Waals surface area contributed by atoms with Crippen LogP contribution in [0, 0.1) is 11.8 Å². The van der Waals surface area contributed by atoms with E-state index in [4.69, 9.17) is 11.5 Å². The molecule has 0 spiro atoms. The minimum Gasteiger partial charge on any atom is -0.326 e. The van der Waals surface area contributed by atoms with Crippen LogP contribution in [0.5, 0.6) is 0 Å². The van der Waals surface area contributed by atoms with E-state index in [-0.39, 0.29) is 12.1 Å². The van der Waals surface area contributed by atoms with Crippen LogP contribution in [-0.4, -0.2) is 36.6 Å². The number of hydrogen-bond donors (Lipinski definition) is 2. The van der Waals surface area contributed by atoms with Gasteiger partial charge in [-0.15, -0.1) is 0 Å². The Labute approximate surface area is 99.5 Å². The molecule has 3 heteroatoms. The highest BCUT2D eigenvalue weighted by Crippen LogP contribution is 2.34. The van der Waals surface area contributed by atoms with E-state index >= 15 is 0 Å². The number of likely N-dealkylation sites (tertiary alicyclic amines) is 1. The van der Waals surface area contributed by atoms with Crippen molar-refractivity contribution in [2.24, 2.45) is 23.3 Å². The summed E-state index contributed by atoms with van der Waals surface area (Å²) >= 11 is 0. The van der Waals surface area contributed by atoms with Gasteiger partial charge in [0.2, 0.25) is 0 Å². The van der Waals surface area contributed by atoms with Crippen molar-refractivity contribution in [1.82, 2.24) is 4.90 Å². The first-order chi connectivity index (χ1) is 7.59. The van der Waals surface area contributed by atoms with Gasteiger partial charge in [-0.1, -0.05) is 6.92 Å². The molecular weight excluding hydrogens is 198 g/mol. The van der Waals surface area contributed by atoms with Crippen LogP contribution in [0.2, 0.25) is 0 Å². The summed E-state index contributed by atoms with van der Waals surface area (Å²) in [5, 5.41) is 0. The summed E-state index contributed by atoms with van der Waals surface area (Å²) in [6.07, 6.45) is 6.33. The van der Waals surface area contributed by atoms with Gasteiger partial charge in [0.15, 0.2) is 0 Å². The Balaban J connectivity index is 1.95. The Morgan fingerprint density at radius 2 is 1.94 bits per heavy atom. The highest BCUT2D eigenvalue weighted by Gasteiger charge is 2.36. The van der Waals surface area contributed by atoms with Crippen LogP contribution in [0.3, 0.4) is 0 Å². The fraction of sp³-hybridized carbons (Fsp3) is 1.00. The van der Waals surface area contributed by atoms with Gasteiger partial charge in [-0.05, 0) is 57.5 Å². The zero-order valence-electron chi connectivity index (χ0n) is 10.7. The molecule has 1 saturated heterocycles. The maximum absolute atomic E-state index is 6.29. The molecule has 0 aromatic rings. The standard InChI is InChI=1S/C13H27N3/c1-9-5-6-12(14)13(15)11(9)8-10-4-3-7-16(10)2/h9-13H,3-8,14-15H2,1-2H3. The van der Waals surface area contributed by atoms with Crippen molar-refractivity contribution in [1.29, 1.82) is 0 Å². The predicted molar refractivity (Wildman–Crippen MR) is 68.1 cm³/mol. The molecule has 5 atom stereocenters. The molecule has 1 aliphatic heterocycles. The van der Waals surface area contributed by atoms with Crippen LogP contribution in [0.25, 0.3) is 0 Å². The molecule has 1 aliphatic carbocycles. The van der Waals surface area contributed by atoms with Gasteiger partial charge in [0.05, 0.1) is 0 Å². The second-order valence-electron chi connectivity index (χ2n) is 5.97. The SMILES string of the molecule is CC1CCC(N)C(N)C1CC1CCCN1C. The molecule has 2 fully saturated rings. The topological polar surface area (TPSA) is 55.3 Å². The zero-order valence-corrected chi connectivity index (χ0v) is 10.7. The molecule has 0 aromatic heterocycles. The van der Waals surface area contributed by atoms with Gasteiger partial charge in [0, 0.05) is 18.1 Å². The van der Waals surface area contributed by atoms with Gasteiger partial charge in [0.25, 0.3) is 0 Å². The van der Waals surface area contributed by atoms with Crippen LogP contribution < -0.4 is 11.5 Å². The normalized spacial score (nSPS) is 46.1. The Kier molecular flexibility index (Phi) is 3.88. The molecule has 0 amide bonds. The molecule has 5 unspecified atom stereocenters. The molecule has 94 valence electrons. The van der Waals surface area contributed by atoms with Gasteiger partial charge in [-0.25, -0.2) is 0 Å². The summed E-state index contributed by atoms with van der Waals surface area (Å²) in [5.41, 5.74) is 12.4. The Morgan fingerprint density at radius 3 is 2.56 bits per heavy atom. The minimum atomic E-state index is 0.220. The van der Waals surface area contributed by atoms with Crippen molar-refractivity contribution in [3.63, 3.8) is 0 Å². The van der Waals surface area contributed by atoms with E-state index in [1.165, 1.54) is 32.2 Å². The molecule has 16 heavy (non-hydrogen) atoms. The van der Waals surface area contributed by atoms with Crippen LogP contribution in [0.15, 0.2) is 0 Å². The van der Waals surface area contributed by atoms with Gasteiger partial charge in [0.1, 0.15) is 0 Å². The van der Waals surface area contributed by atoms with Crippen LogP contribution in [0.1, 0.15) is 39.0 Å². The summed E-state index contributed by atoms with van der Waals surface area (Å²) < 4.78 is 0. The van der Waals surface area contributed by atoms with E-state index < -0.39 is 0 Å². The second kappa shape index (κ2) is 5.03. The molecular formula is C13H27N3. The molecule has 0 bridgehead atoms. The van der Waals surface area contributed by atoms with Gasteiger partial charge >= 0.3 is 0 Å². The highest BCUT2D eigenvalue weighted by molar-refractivity contribution is 4.93. The molecule has 2 rings (SSSR count). The number of nitrogens with zero attached hydrogens (tertiary/aromatic N) is 1. The van der Waals surface area contributed by atoms with Gasteiger partial charge in [-0.2, -0.15) is 0 Å². The van der Waals surface area contributed by atoms with Crippen molar-refractivity contribution < 1.29 is 0 Å². The average molecular weight is 225 g/mol. The van der Waals surface area contributed by atoms with E-state index in [9.17, 15) is 0 Å².